The van der Waals surface area contributed by atoms with Gasteiger partial charge in [-0.25, -0.2) is 9.97 Å². The van der Waals surface area contributed by atoms with Crippen LogP contribution in [0, 0.1) is 0 Å². The van der Waals surface area contributed by atoms with Gasteiger partial charge in [-0.3, -0.25) is 4.57 Å². The number of unbranched alkanes of at least 4 members (excludes halogenated alkanes) is 3. The van der Waals surface area contributed by atoms with Gasteiger partial charge in [0.1, 0.15) is 5.52 Å². The minimum absolute atomic E-state index is 0.560. The van der Waals surface area contributed by atoms with Crippen LogP contribution in [-0.4, -0.2) is 26.5 Å². The van der Waals surface area contributed by atoms with Gasteiger partial charge >= 0.3 is 0 Å². The molecule has 0 saturated heterocycles. The first kappa shape index (κ1) is 14.7. The van der Waals surface area contributed by atoms with E-state index in [4.69, 9.17) is 5.73 Å². The third-order valence-corrected chi connectivity index (χ3v) is 4.19. The van der Waals surface area contributed by atoms with Crippen LogP contribution in [0.15, 0.2) is 16.7 Å². The van der Waals surface area contributed by atoms with E-state index in [1.165, 1.54) is 25.0 Å². The highest BCUT2D eigenvalue weighted by molar-refractivity contribution is 9.10. The number of aryl methyl sites for hydroxylation is 1. The fraction of sp³-hybridized carbons (Fsp3) is 0.538. The van der Waals surface area contributed by atoms with Crippen LogP contribution in [0.25, 0.3) is 11.2 Å². The summed E-state index contributed by atoms with van der Waals surface area (Å²) in [5.41, 5.74) is 7.69. The van der Waals surface area contributed by atoms with E-state index in [0.29, 0.717) is 5.95 Å². The average Bonchev–Trinajstić information content (AvgIpc) is 2.69. The zero-order valence-electron chi connectivity index (χ0n) is 11.1. The maximum atomic E-state index is 5.96. The molecule has 2 rings (SSSR count). The lowest BCUT2D eigenvalue weighted by atomic mass is 10.2. The van der Waals surface area contributed by atoms with Gasteiger partial charge in [-0.2, -0.15) is 11.8 Å². The normalized spacial score (nSPS) is 11.3. The number of nitrogens with zero attached hydrogens (tertiary/aromatic N) is 3. The van der Waals surface area contributed by atoms with Crippen LogP contribution in [-0.2, 0) is 6.54 Å². The predicted octanol–water partition coefficient (Wildman–Crippen LogP) is 3.70. The van der Waals surface area contributed by atoms with Crippen molar-refractivity contribution in [1.29, 1.82) is 0 Å². The summed E-state index contributed by atoms with van der Waals surface area (Å²) in [6.45, 7) is 0.899. The van der Waals surface area contributed by atoms with Crippen molar-refractivity contribution in [2.75, 3.05) is 17.7 Å². The van der Waals surface area contributed by atoms with Gasteiger partial charge in [0.25, 0.3) is 0 Å². The molecule has 2 heterocycles. The molecule has 0 aliphatic carbocycles. The van der Waals surface area contributed by atoms with Crippen LogP contribution in [0.1, 0.15) is 25.7 Å². The van der Waals surface area contributed by atoms with Crippen LogP contribution in [0.2, 0.25) is 0 Å². The van der Waals surface area contributed by atoms with Crippen molar-refractivity contribution < 1.29 is 0 Å². The molecule has 0 atom stereocenters. The van der Waals surface area contributed by atoms with Gasteiger partial charge in [0.15, 0.2) is 5.65 Å². The molecule has 0 radical (unpaired) electrons. The van der Waals surface area contributed by atoms with Crippen LogP contribution < -0.4 is 5.73 Å². The highest BCUT2D eigenvalue weighted by atomic mass is 79.9. The molecular formula is C13H19BrN4S. The van der Waals surface area contributed by atoms with E-state index >= 15 is 0 Å². The Morgan fingerprint density at radius 3 is 2.89 bits per heavy atom. The monoisotopic (exact) mass is 342 g/mol. The van der Waals surface area contributed by atoms with Crippen molar-refractivity contribution in [3.63, 3.8) is 0 Å². The van der Waals surface area contributed by atoms with Crippen LogP contribution in [0.5, 0.6) is 0 Å². The second kappa shape index (κ2) is 7.14. The first-order valence-corrected chi connectivity index (χ1v) is 8.67. The Hall–Kier alpha value is -0.750. The SMILES string of the molecule is CSCCCCCCn1c(N)nc2cc(Br)cnc21. The van der Waals surface area contributed by atoms with Gasteiger partial charge in [-0.1, -0.05) is 12.8 Å². The second-order valence-corrected chi connectivity index (χ2v) is 6.43. The third kappa shape index (κ3) is 3.86. The van der Waals surface area contributed by atoms with E-state index in [1.54, 1.807) is 6.20 Å². The van der Waals surface area contributed by atoms with Crippen LogP contribution in [0.3, 0.4) is 0 Å². The first-order chi connectivity index (χ1) is 9.22. The molecule has 0 spiro atoms. The summed E-state index contributed by atoms with van der Waals surface area (Å²) in [4.78, 5) is 8.75. The fourth-order valence-electron chi connectivity index (χ4n) is 2.09. The summed E-state index contributed by atoms with van der Waals surface area (Å²) in [6.07, 6.45) is 8.89. The van der Waals surface area contributed by atoms with Crippen LogP contribution in [0.4, 0.5) is 5.95 Å². The van der Waals surface area contributed by atoms with E-state index in [1.807, 2.05) is 22.4 Å². The predicted molar refractivity (Wildman–Crippen MR) is 86.5 cm³/mol. The number of halogens is 1. The Bertz CT molecular complexity index is 541. The lowest BCUT2D eigenvalue weighted by Gasteiger charge is -2.05. The molecule has 0 bridgehead atoms. The summed E-state index contributed by atoms with van der Waals surface area (Å²) >= 11 is 5.31. The molecule has 2 aromatic rings. The molecule has 0 amide bonds. The van der Waals surface area contributed by atoms with Crippen molar-refractivity contribution >= 4 is 44.8 Å². The van der Waals surface area contributed by atoms with Gasteiger partial charge in [-0.15, -0.1) is 0 Å². The molecule has 0 aliphatic rings. The Labute approximate surface area is 126 Å². The zero-order valence-corrected chi connectivity index (χ0v) is 13.5. The Balaban J connectivity index is 1.95. The maximum absolute atomic E-state index is 5.96. The van der Waals surface area contributed by atoms with Crippen LogP contribution >= 0.6 is 27.7 Å². The number of nitrogens with two attached hydrogens (primary N) is 1. The summed E-state index contributed by atoms with van der Waals surface area (Å²) in [5.74, 6) is 1.82. The third-order valence-electron chi connectivity index (χ3n) is 3.06. The number of nitrogen functional groups attached to an aromatic ring is 1. The van der Waals surface area contributed by atoms with Crippen molar-refractivity contribution in [2.45, 2.75) is 32.2 Å². The molecule has 104 valence electrons. The second-order valence-electron chi connectivity index (χ2n) is 4.52. The Kier molecular flexibility index (Phi) is 5.51. The van der Waals surface area contributed by atoms with Gasteiger partial charge in [-0.05, 0) is 46.8 Å². The van der Waals surface area contributed by atoms with Gasteiger partial charge in [0.2, 0.25) is 5.95 Å². The molecular weight excluding hydrogens is 324 g/mol. The summed E-state index contributed by atoms with van der Waals surface area (Å²) in [5, 5.41) is 0. The lowest BCUT2D eigenvalue weighted by Crippen LogP contribution is -2.04. The number of aromatic nitrogens is 3. The molecule has 2 aromatic heterocycles. The summed E-state index contributed by atoms with van der Waals surface area (Å²) in [7, 11) is 0. The minimum atomic E-state index is 0.560. The summed E-state index contributed by atoms with van der Waals surface area (Å²) in [6, 6.07) is 1.95. The van der Waals surface area contributed by atoms with E-state index in [2.05, 4.69) is 32.2 Å². The number of hydrogen-bond acceptors (Lipinski definition) is 4. The average molecular weight is 343 g/mol. The lowest BCUT2D eigenvalue weighted by molar-refractivity contribution is 0.595. The van der Waals surface area contributed by atoms with Gasteiger partial charge in [0, 0.05) is 17.2 Å². The van der Waals surface area contributed by atoms with Gasteiger partial charge < -0.3 is 5.73 Å². The van der Waals surface area contributed by atoms with Crippen molar-refractivity contribution in [3.05, 3.63) is 16.7 Å². The summed E-state index contributed by atoms with van der Waals surface area (Å²) < 4.78 is 2.94. The quantitative estimate of drug-likeness (QED) is 0.779. The first-order valence-electron chi connectivity index (χ1n) is 6.48. The number of pyridine rings is 1. The number of anilines is 1. The van der Waals surface area contributed by atoms with E-state index in [9.17, 15) is 0 Å². The molecule has 2 N–H and O–H groups in total. The molecule has 4 nitrogen and oxygen atoms in total. The Morgan fingerprint density at radius 2 is 2.11 bits per heavy atom. The molecule has 0 fully saturated rings. The highest BCUT2D eigenvalue weighted by Crippen LogP contribution is 2.20. The zero-order chi connectivity index (χ0) is 13.7. The molecule has 0 unspecified atom stereocenters. The topological polar surface area (TPSA) is 56.7 Å². The largest absolute Gasteiger partial charge is 0.369 e. The van der Waals surface area contributed by atoms with Crippen molar-refractivity contribution in [2.24, 2.45) is 0 Å². The maximum Gasteiger partial charge on any atom is 0.202 e. The molecule has 0 aliphatic heterocycles. The highest BCUT2D eigenvalue weighted by Gasteiger charge is 2.09. The number of hydrogen-bond donors (Lipinski definition) is 1. The Morgan fingerprint density at radius 1 is 1.32 bits per heavy atom. The molecule has 0 saturated carbocycles. The minimum Gasteiger partial charge on any atom is -0.369 e. The van der Waals surface area contributed by atoms with Gasteiger partial charge in [0.05, 0.1) is 0 Å². The molecule has 19 heavy (non-hydrogen) atoms. The van der Waals surface area contributed by atoms with E-state index < -0.39 is 0 Å². The van der Waals surface area contributed by atoms with E-state index in [-0.39, 0.29) is 0 Å². The van der Waals surface area contributed by atoms with Crippen molar-refractivity contribution in [1.82, 2.24) is 14.5 Å². The molecule has 6 heteroatoms. The number of fused-ring (bicyclic) bond motifs is 1. The smallest absolute Gasteiger partial charge is 0.202 e. The molecule has 0 aromatic carbocycles. The number of rotatable bonds is 7. The number of imidazole rings is 1. The number of thioether (sulfide) groups is 1. The fourth-order valence-corrected chi connectivity index (χ4v) is 2.91. The van der Waals surface area contributed by atoms with Crippen molar-refractivity contribution in [3.8, 4) is 0 Å². The standard InChI is InChI=1S/C13H19BrN4S/c1-19-7-5-3-2-4-6-18-12-11(17-13(18)15)8-10(14)9-16-12/h8-9H,2-7H2,1H3,(H2,15,17). The van der Waals surface area contributed by atoms with E-state index in [0.717, 1.165) is 28.6 Å².